The van der Waals surface area contributed by atoms with Crippen LogP contribution in [0.25, 0.3) is 0 Å². The van der Waals surface area contributed by atoms with Crippen LogP contribution in [0.5, 0.6) is 11.5 Å². The molecule has 0 atom stereocenters. The Morgan fingerprint density at radius 2 is 2.04 bits per heavy atom. The van der Waals surface area contributed by atoms with Gasteiger partial charge in [-0.2, -0.15) is 0 Å². The molecule has 10 heteroatoms. The summed E-state index contributed by atoms with van der Waals surface area (Å²) in [6.07, 6.45) is 1.20. The first-order chi connectivity index (χ1) is 10.9. The van der Waals surface area contributed by atoms with Crippen molar-refractivity contribution in [1.82, 2.24) is 15.5 Å². The van der Waals surface area contributed by atoms with Gasteiger partial charge in [-0.3, -0.25) is 4.79 Å². The predicted molar refractivity (Wildman–Crippen MR) is 76.0 cm³/mol. The first kappa shape index (κ1) is 15.3. The molecule has 0 bridgehead atoms. The zero-order valence-corrected chi connectivity index (χ0v) is 12.9. The number of nitrogens with zero attached hydrogens (tertiary/aromatic N) is 2. The number of benzene rings is 1. The van der Waals surface area contributed by atoms with Gasteiger partial charge < -0.3 is 19.2 Å². The topological polar surface area (TPSA) is 121 Å². The number of nitrogens with one attached hydrogen (secondary N) is 1. The van der Waals surface area contributed by atoms with E-state index in [9.17, 15) is 13.2 Å². The third-order valence-corrected chi connectivity index (χ3v) is 3.82. The average Bonchev–Trinajstić information content (AvgIpc) is 3.14. The van der Waals surface area contributed by atoms with Crippen LogP contribution in [0, 0.1) is 0 Å². The molecule has 1 amide bonds. The molecule has 1 aliphatic heterocycles. The van der Waals surface area contributed by atoms with Crippen molar-refractivity contribution in [1.29, 1.82) is 0 Å². The fourth-order valence-electron chi connectivity index (χ4n) is 1.91. The summed E-state index contributed by atoms with van der Waals surface area (Å²) in [7, 11) is -3.53. The smallest absolute Gasteiger partial charge is 0.335 e. The van der Waals surface area contributed by atoms with Gasteiger partial charge in [-0.15, -0.1) is 5.10 Å². The van der Waals surface area contributed by atoms with E-state index in [4.69, 9.17) is 13.9 Å². The summed E-state index contributed by atoms with van der Waals surface area (Å²) >= 11 is 0. The van der Waals surface area contributed by atoms with Crippen LogP contribution in [0.15, 0.2) is 27.8 Å². The van der Waals surface area contributed by atoms with Crippen LogP contribution in [0.1, 0.15) is 16.2 Å². The second kappa shape index (κ2) is 5.88. The largest absolute Gasteiger partial charge is 0.454 e. The fourth-order valence-corrected chi connectivity index (χ4v) is 2.35. The van der Waals surface area contributed by atoms with Crippen LogP contribution < -0.4 is 14.8 Å². The monoisotopic (exact) mass is 339 g/mol. The van der Waals surface area contributed by atoms with Crippen molar-refractivity contribution < 1.29 is 27.1 Å². The van der Waals surface area contributed by atoms with Crippen molar-refractivity contribution >= 4 is 15.7 Å². The molecular weight excluding hydrogens is 326 g/mol. The van der Waals surface area contributed by atoms with Gasteiger partial charge in [0.2, 0.25) is 22.5 Å². The summed E-state index contributed by atoms with van der Waals surface area (Å²) < 4.78 is 37.8. The van der Waals surface area contributed by atoms with Gasteiger partial charge >= 0.3 is 5.22 Å². The van der Waals surface area contributed by atoms with Crippen LogP contribution in [0.3, 0.4) is 0 Å². The summed E-state index contributed by atoms with van der Waals surface area (Å²) in [5, 5.41) is 9.29. The summed E-state index contributed by atoms with van der Waals surface area (Å²) in [6.45, 7) is 0.360. The zero-order valence-electron chi connectivity index (χ0n) is 12.1. The molecule has 2 heterocycles. The third-order valence-electron chi connectivity index (χ3n) is 3.02. The second-order valence-electron chi connectivity index (χ2n) is 4.81. The Bertz CT molecular complexity index is 845. The van der Waals surface area contributed by atoms with Crippen LogP contribution in [-0.2, 0) is 16.3 Å². The van der Waals surface area contributed by atoms with E-state index < -0.39 is 15.1 Å². The molecule has 9 nitrogen and oxygen atoms in total. The minimum atomic E-state index is -3.53. The summed E-state index contributed by atoms with van der Waals surface area (Å²) in [5.41, 5.74) is 0.427. The number of amides is 1. The lowest BCUT2D eigenvalue weighted by Crippen LogP contribution is -2.25. The molecule has 1 N–H and O–H groups in total. The maximum absolute atomic E-state index is 12.0. The lowest BCUT2D eigenvalue weighted by molar-refractivity contribution is 0.0953. The maximum Gasteiger partial charge on any atom is 0.335 e. The number of fused-ring (bicyclic) bond motifs is 1. The molecule has 3 rings (SSSR count). The van der Waals surface area contributed by atoms with E-state index in [1.807, 2.05) is 0 Å². The number of carbonyl (C=O) groups is 1. The molecule has 0 spiro atoms. The summed E-state index contributed by atoms with van der Waals surface area (Å²) in [4.78, 5) is 12.0. The zero-order chi connectivity index (χ0) is 16.4. The summed E-state index contributed by atoms with van der Waals surface area (Å²) in [5.74, 6) is 0.954. The number of hydrogen-bond acceptors (Lipinski definition) is 8. The predicted octanol–water partition coefficient (Wildman–Crippen LogP) is 0.174. The molecule has 23 heavy (non-hydrogen) atoms. The van der Waals surface area contributed by atoms with Gasteiger partial charge in [-0.05, 0) is 18.2 Å². The molecule has 0 saturated heterocycles. The first-order valence-corrected chi connectivity index (χ1v) is 8.53. The Morgan fingerprint density at radius 3 is 2.78 bits per heavy atom. The number of rotatable bonds is 5. The van der Waals surface area contributed by atoms with E-state index in [0.29, 0.717) is 17.1 Å². The highest BCUT2D eigenvalue weighted by Crippen LogP contribution is 2.32. The molecule has 1 aromatic carbocycles. The van der Waals surface area contributed by atoms with E-state index in [1.165, 1.54) is 0 Å². The summed E-state index contributed by atoms with van der Waals surface area (Å²) in [6, 6.07) is 4.87. The van der Waals surface area contributed by atoms with Crippen molar-refractivity contribution in [3.63, 3.8) is 0 Å². The van der Waals surface area contributed by atoms with Crippen LogP contribution in [0.4, 0.5) is 0 Å². The Balaban J connectivity index is 1.56. The van der Waals surface area contributed by atoms with Gasteiger partial charge in [0.15, 0.2) is 11.5 Å². The number of sulfone groups is 1. The average molecular weight is 339 g/mol. The highest BCUT2D eigenvalue weighted by atomic mass is 32.2. The van der Waals surface area contributed by atoms with Crippen molar-refractivity contribution in [3.05, 3.63) is 29.7 Å². The molecule has 0 unspecified atom stereocenters. The van der Waals surface area contributed by atoms with E-state index in [1.54, 1.807) is 18.2 Å². The van der Waals surface area contributed by atoms with E-state index >= 15 is 0 Å². The normalized spacial score (nSPS) is 13.1. The lowest BCUT2D eigenvalue weighted by Gasteiger charge is -2.04. The maximum atomic E-state index is 12.0. The van der Waals surface area contributed by atoms with Gasteiger partial charge in [0, 0.05) is 24.8 Å². The van der Waals surface area contributed by atoms with E-state index in [0.717, 1.165) is 6.26 Å². The Kier molecular flexibility index (Phi) is 3.90. The van der Waals surface area contributed by atoms with Gasteiger partial charge in [-0.25, -0.2) is 8.42 Å². The van der Waals surface area contributed by atoms with Gasteiger partial charge in [0.25, 0.3) is 5.91 Å². The Labute approximate surface area is 131 Å². The molecule has 1 aliphatic rings. The molecule has 0 radical (unpaired) electrons. The number of hydrogen-bond donors (Lipinski definition) is 1. The molecule has 1 aromatic heterocycles. The minimum absolute atomic E-state index is 0.136. The van der Waals surface area contributed by atoms with Crippen LogP contribution >= 0.6 is 0 Å². The van der Waals surface area contributed by atoms with Crippen molar-refractivity contribution in [2.45, 2.75) is 11.6 Å². The quantitative estimate of drug-likeness (QED) is 0.818. The Hall–Kier alpha value is -2.62. The minimum Gasteiger partial charge on any atom is -0.454 e. The fraction of sp³-hybridized carbons (Fsp3) is 0.308. The second-order valence-corrected chi connectivity index (χ2v) is 6.70. The third kappa shape index (κ3) is 3.42. The van der Waals surface area contributed by atoms with E-state index in [2.05, 4.69) is 15.5 Å². The van der Waals surface area contributed by atoms with E-state index in [-0.39, 0.29) is 31.6 Å². The molecular formula is C13H13N3O6S. The van der Waals surface area contributed by atoms with Crippen molar-refractivity contribution in [2.75, 3.05) is 19.6 Å². The molecule has 0 saturated carbocycles. The SMILES string of the molecule is CS(=O)(=O)c1nnc(CCNC(=O)c2ccc3c(c2)OCO3)o1. The highest BCUT2D eigenvalue weighted by Gasteiger charge is 2.18. The standard InChI is InChI=1S/C13H13N3O6S/c1-23(18,19)13-16-15-11(22-13)4-5-14-12(17)8-2-3-9-10(6-8)21-7-20-9/h2-3,6H,4-5,7H2,1H3,(H,14,17). The Morgan fingerprint density at radius 1 is 1.26 bits per heavy atom. The number of aromatic nitrogens is 2. The molecule has 0 fully saturated rings. The number of carbonyl (C=O) groups excluding carboxylic acids is 1. The molecule has 122 valence electrons. The lowest BCUT2D eigenvalue weighted by atomic mass is 10.2. The van der Waals surface area contributed by atoms with Gasteiger partial charge in [0.05, 0.1) is 0 Å². The molecule has 2 aromatic rings. The molecule has 0 aliphatic carbocycles. The number of ether oxygens (including phenoxy) is 2. The first-order valence-electron chi connectivity index (χ1n) is 6.64. The van der Waals surface area contributed by atoms with Crippen molar-refractivity contribution in [2.24, 2.45) is 0 Å². The van der Waals surface area contributed by atoms with Crippen molar-refractivity contribution in [3.8, 4) is 11.5 Å². The highest BCUT2D eigenvalue weighted by molar-refractivity contribution is 7.90. The van der Waals surface area contributed by atoms with Gasteiger partial charge in [-0.1, -0.05) is 5.10 Å². The van der Waals surface area contributed by atoms with Gasteiger partial charge in [0.1, 0.15) is 0 Å². The van der Waals surface area contributed by atoms with Crippen LogP contribution in [0.2, 0.25) is 0 Å². The van der Waals surface area contributed by atoms with Crippen LogP contribution in [-0.4, -0.2) is 44.1 Å².